The fourth-order valence-corrected chi connectivity index (χ4v) is 3.54. The minimum absolute atomic E-state index is 0.0391. The average Bonchev–Trinajstić information content (AvgIpc) is 3.26. The van der Waals surface area contributed by atoms with Crippen molar-refractivity contribution < 1.29 is 0 Å². The third-order valence-corrected chi connectivity index (χ3v) is 4.78. The number of likely N-dealkylation sites (N-methyl/N-ethyl adjacent to an activating group) is 1. The number of aromatic nitrogens is 3. The van der Waals surface area contributed by atoms with Crippen LogP contribution in [0.2, 0.25) is 0 Å². The van der Waals surface area contributed by atoms with Gasteiger partial charge in [0.05, 0.1) is 11.4 Å². The van der Waals surface area contributed by atoms with E-state index in [-0.39, 0.29) is 12.2 Å². The molecular formula is C16H16N6S. The molecule has 0 saturated heterocycles. The number of pyridine rings is 1. The van der Waals surface area contributed by atoms with Crippen LogP contribution in [0.5, 0.6) is 0 Å². The van der Waals surface area contributed by atoms with Gasteiger partial charge in [-0.1, -0.05) is 6.07 Å². The van der Waals surface area contributed by atoms with E-state index in [1.807, 2.05) is 31.3 Å². The van der Waals surface area contributed by atoms with Crippen LogP contribution in [0.1, 0.15) is 22.2 Å². The van der Waals surface area contributed by atoms with Crippen LogP contribution < -0.4 is 10.6 Å². The van der Waals surface area contributed by atoms with Crippen LogP contribution in [0.25, 0.3) is 0 Å². The van der Waals surface area contributed by atoms with E-state index in [0.717, 1.165) is 22.8 Å². The zero-order valence-corrected chi connectivity index (χ0v) is 13.3. The highest BCUT2D eigenvalue weighted by molar-refractivity contribution is 7.10. The standard InChI is InChI=1S/C16H16N6S/c1-17-16-14(12-5-3-9-23-12)20-13(11-6-8-19-22-11)10-4-2-7-18-15(10)21-16/h2-9,14,16-17H,1H3,(H,18,21)(H,19,22). The quantitative estimate of drug-likeness (QED) is 0.691. The third kappa shape index (κ3) is 2.54. The van der Waals surface area contributed by atoms with Crippen LogP contribution in [0.4, 0.5) is 5.82 Å². The number of thiophene rings is 1. The lowest BCUT2D eigenvalue weighted by Gasteiger charge is -2.22. The fraction of sp³-hybridized carbons (Fsp3) is 0.188. The topological polar surface area (TPSA) is 78.0 Å². The van der Waals surface area contributed by atoms with Crippen LogP contribution in [0.15, 0.2) is 53.1 Å². The first-order valence-corrected chi connectivity index (χ1v) is 8.25. The van der Waals surface area contributed by atoms with Gasteiger partial charge in [-0.15, -0.1) is 11.3 Å². The van der Waals surface area contributed by atoms with E-state index in [9.17, 15) is 0 Å². The Hall–Kier alpha value is -2.51. The van der Waals surface area contributed by atoms with Crippen molar-refractivity contribution in [3.63, 3.8) is 0 Å². The van der Waals surface area contributed by atoms with Gasteiger partial charge in [-0.2, -0.15) is 5.10 Å². The summed E-state index contributed by atoms with van der Waals surface area (Å²) in [5.74, 6) is 0.819. The molecule has 1 aliphatic heterocycles. The SMILES string of the molecule is CNC1Nc2ncccc2C(c2ccn[nH]2)=NC1c1cccs1. The maximum absolute atomic E-state index is 5.04. The van der Waals surface area contributed by atoms with E-state index < -0.39 is 0 Å². The summed E-state index contributed by atoms with van der Waals surface area (Å²) in [7, 11) is 1.93. The first-order chi connectivity index (χ1) is 11.4. The van der Waals surface area contributed by atoms with Gasteiger partial charge in [-0.3, -0.25) is 15.4 Å². The monoisotopic (exact) mass is 324 g/mol. The highest BCUT2D eigenvalue weighted by Gasteiger charge is 2.29. The molecule has 2 atom stereocenters. The Labute approximate surface area is 137 Å². The lowest BCUT2D eigenvalue weighted by atomic mass is 10.1. The maximum atomic E-state index is 5.04. The minimum Gasteiger partial charge on any atom is -0.352 e. The summed E-state index contributed by atoms with van der Waals surface area (Å²) in [4.78, 5) is 10.7. The van der Waals surface area contributed by atoms with E-state index >= 15 is 0 Å². The molecule has 4 heterocycles. The van der Waals surface area contributed by atoms with E-state index in [1.165, 1.54) is 4.88 Å². The Bertz CT molecular complexity index is 809. The molecule has 0 radical (unpaired) electrons. The first-order valence-electron chi connectivity index (χ1n) is 7.37. The lowest BCUT2D eigenvalue weighted by molar-refractivity contribution is 0.528. The molecule has 0 bridgehead atoms. The zero-order chi connectivity index (χ0) is 15.6. The molecule has 3 N–H and O–H groups in total. The summed E-state index contributed by atoms with van der Waals surface area (Å²) < 4.78 is 0. The molecule has 23 heavy (non-hydrogen) atoms. The average molecular weight is 324 g/mol. The van der Waals surface area contributed by atoms with Crippen LogP contribution in [0, 0.1) is 0 Å². The van der Waals surface area contributed by atoms with Gasteiger partial charge in [-0.05, 0) is 36.7 Å². The summed E-state index contributed by atoms with van der Waals surface area (Å²) in [6, 6.07) is 9.99. The second-order valence-electron chi connectivity index (χ2n) is 5.22. The number of hydrogen-bond donors (Lipinski definition) is 3. The lowest BCUT2D eigenvalue weighted by Crippen LogP contribution is -2.38. The Kier molecular flexibility index (Phi) is 3.64. The number of rotatable bonds is 3. The second kappa shape index (κ2) is 5.94. The van der Waals surface area contributed by atoms with E-state index in [1.54, 1.807) is 23.7 Å². The van der Waals surface area contributed by atoms with Crippen molar-refractivity contribution in [2.24, 2.45) is 4.99 Å². The van der Waals surface area contributed by atoms with Crippen molar-refractivity contribution in [1.29, 1.82) is 0 Å². The van der Waals surface area contributed by atoms with Gasteiger partial charge in [0.15, 0.2) is 0 Å². The minimum atomic E-state index is -0.0486. The summed E-state index contributed by atoms with van der Waals surface area (Å²) >= 11 is 1.70. The van der Waals surface area contributed by atoms with Gasteiger partial charge in [-0.25, -0.2) is 4.98 Å². The van der Waals surface area contributed by atoms with Gasteiger partial charge in [0.25, 0.3) is 0 Å². The van der Waals surface area contributed by atoms with Crippen molar-refractivity contribution >= 4 is 22.9 Å². The van der Waals surface area contributed by atoms with E-state index in [0.29, 0.717) is 0 Å². The van der Waals surface area contributed by atoms with Crippen LogP contribution in [-0.4, -0.2) is 34.1 Å². The molecule has 1 aliphatic rings. The number of anilines is 1. The van der Waals surface area contributed by atoms with E-state index in [2.05, 4.69) is 37.3 Å². The van der Waals surface area contributed by atoms with Crippen molar-refractivity contribution in [2.45, 2.75) is 12.2 Å². The normalized spacial score (nSPS) is 20.3. The molecule has 116 valence electrons. The molecule has 0 amide bonds. The van der Waals surface area contributed by atoms with Crippen molar-refractivity contribution in [3.05, 3.63) is 64.2 Å². The summed E-state index contributed by atoms with van der Waals surface area (Å²) in [6.07, 6.45) is 3.49. The predicted octanol–water partition coefficient (Wildman–Crippen LogP) is 2.42. The summed E-state index contributed by atoms with van der Waals surface area (Å²) in [5, 5.41) is 15.9. The molecular weight excluding hydrogens is 308 g/mol. The molecule has 3 aromatic rings. The van der Waals surface area contributed by atoms with Crippen LogP contribution in [0.3, 0.4) is 0 Å². The van der Waals surface area contributed by atoms with Gasteiger partial charge < -0.3 is 5.32 Å². The molecule has 0 saturated carbocycles. The largest absolute Gasteiger partial charge is 0.352 e. The number of hydrogen-bond acceptors (Lipinski definition) is 6. The van der Waals surface area contributed by atoms with Crippen molar-refractivity contribution in [2.75, 3.05) is 12.4 Å². The molecule has 6 nitrogen and oxygen atoms in total. The predicted molar refractivity (Wildman–Crippen MR) is 92.0 cm³/mol. The molecule has 7 heteroatoms. The molecule has 2 unspecified atom stereocenters. The molecule has 0 aromatic carbocycles. The van der Waals surface area contributed by atoms with Crippen LogP contribution in [-0.2, 0) is 0 Å². The second-order valence-corrected chi connectivity index (χ2v) is 6.20. The van der Waals surface area contributed by atoms with Crippen molar-refractivity contribution in [3.8, 4) is 0 Å². The zero-order valence-electron chi connectivity index (χ0n) is 12.5. The summed E-state index contributed by atoms with van der Waals surface area (Å²) in [6.45, 7) is 0. The number of H-pyrrole nitrogens is 1. The number of aromatic amines is 1. The number of fused-ring (bicyclic) bond motifs is 1. The smallest absolute Gasteiger partial charge is 0.136 e. The Morgan fingerprint density at radius 3 is 2.87 bits per heavy atom. The highest BCUT2D eigenvalue weighted by Crippen LogP contribution is 2.32. The van der Waals surface area contributed by atoms with Gasteiger partial charge in [0, 0.05) is 22.8 Å². The maximum Gasteiger partial charge on any atom is 0.136 e. The number of nitrogens with zero attached hydrogens (tertiary/aromatic N) is 3. The molecule has 0 fully saturated rings. The highest BCUT2D eigenvalue weighted by atomic mass is 32.1. The Morgan fingerprint density at radius 1 is 1.17 bits per heavy atom. The van der Waals surface area contributed by atoms with Gasteiger partial charge in [0.2, 0.25) is 0 Å². The Morgan fingerprint density at radius 2 is 2.13 bits per heavy atom. The molecule has 0 aliphatic carbocycles. The van der Waals surface area contributed by atoms with Crippen molar-refractivity contribution in [1.82, 2.24) is 20.5 Å². The first kappa shape index (κ1) is 14.1. The molecule has 3 aromatic heterocycles. The molecule has 0 spiro atoms. The van der Waals surface area contributed by atoms with Gasteiger partial charge >= 0.3 is 0 Å². The Balaban J connectivity index is 1.91. The number of nitrogens with one attached hydrogen (secondary N) is 3. The fourth-order valence-electron chi connectivity index (χ4n) is 2.74. The van der Waals surface area contributed by atoms with Crippen LogP contribution >= 0.6 is 11.3 Å². The summed E-state index contributed by atoms with van der Waals surface area (Å²) in [5.41, 5.74) is 2.73. The third-order valence-electron chi connectivity index (χ3n) is 3.84. The van der Waals surface area contributed by atoms with Gasteiger partial charge in [0.1, 0.15) is 18.0 Å². The molecule has 4 rings (SSSR count). The van der Waals surface area contributed by atoms with E-state index in [4.69, 9.17) is 4.99 Å². The number of aliphatic imine (C=N–C) groups is 1.